The first-order valence-electron chi connectivity index (χ1n) is 7.55. The summed E-state index contributed by atoms with van der Waals surface area (Å²) in [7, 11) is 0. The van der Waals surface area contributed by atoms with E-state index in [0.717, 1.165) is 12.1 Å². The fourth-order valence-corrected chi connectivity index (χ4v) is 2.11. The van der Waals surface area contributed by atoms with Crippen LogP contribution in [0, 0.1) is 17.5 Å². The van der Waals surface area contributed by atoms with E-state index in [9.17, 15) is 18.0 Å². The Bertz CT molecular complexity index is 963. The molecule has 1 heterocycles. The van der Waals surface area contributed by atoms with E-state index in [1.54, 1.807) is 0 Å². The summed E-state index contributed by atoms with van der Waals surface area (Å²) in [6.45, 7) is -0.401. The minimum atomic E-state index is -0.958. The van der Waals surface area contributed by atoms with Gasteiger partial charge in [0.25, 0.3) is 0 Å². The molecule has 7 nitrogen and oxygen atoms in total. The number of benzene rings is 2. The molecule has 27 heavy (non-hydrogen) atoms. The zero-order chi connectivity index (χ0) is 19.4. The van der Waals surface area contributed by atoms with Crippen molar-refractivity contribution in [2.24, 2.45) is 0 Å². The highest BCUT2D eigenvalue weighted by Crippen LogP contribution is 2.15. The Morgan fingerprint density at radius 2 is 1.63 bits per heavy atom. The molecule has 0 bridgehead atoms. The fourth-order valence-electron chi connectivity index (χ4n) is 2.11. The van der Waals surface area contributed by atoms with Gasteiger partial charge in [0.1, 0.15) is 17.5 Å². The number of hydrogen-bond acceptors (Lipinski definition) is 7. The molecule has 0 radical (unpaired) electrons. The number of carbonyl (C=O) groups excluding carboxylic acids is 1. The van der Waals surface area contributed by atoms with Crippen molar-refractivity contribution >= 4 is 23.6 Å². The second-order valence-electron chi connectivity index (χ2n) is 5.30. The number of nitrogens with zero attached hydrogens (tertiary/aromatic N) is 3. The minimum Gasteiger partial charge on any atom is -0.454 e. The highest BCUT2D eigenvalue weighted by molar-refractivity contribution is 5.89. The van der Waals surface area contributed by atoms with Crippen LogP contribution in [0.15, 0.2) is 42.5 Å². The van der Waals surface area contributed by atoms with E-state index in [4.69, 9.17) is 10.5 Å². The van der Waals surface area contributed by atoms with Gasteiger partial charge < -0.3 is 15.8 Å². The third-order valence-electron chi connectivity index (χ3n) is 3.23. The molecule has 1 aromatic heterocycles. The average Bonchev–Trinajstić information content (AvgIpc) is 2.60. The van der Waals surface area contributed by atoms with Crippen LogP contribution < -0.4 is 11.1 Å². The molecule has 0 amide bonds. The van der Waals surface area contributed by atoms with E-state index in [1.807, 2.05) is 0 Å². The molecule has 10 heteroatoms. The monoisotopic (exact) mass is 375 g/mol. The van der Waals surface area contributed by atoms with Gasteiger partial charge in [-0.05, 0) is 36.4 Å². The van der Waals surface area contributed by atoms with Gasteiger partial charge in [-0.2, -0.15) is 15.0 Å². The van der Waals surface area contributed by atoms with Gasteiger partial charge in [0.15, 0.2) is 12.4 Å². The van der Waals surface area contributed by atoms with Crippen molar-refractivity contribution in [3.8, 4) is 0 Å². The molecular formula is C17H12F3N5O2. The number of aromatic nitrogens is 3. The molecule has 0 spiro atoms. The van der Waals surface area contributed by atoms with Gasteiger partial charge in [0, 0.05) is 11.8 Å². The van der Waals surface area contributed by atoms with E-state index in [1.165, 1.54) is 24.3 Å². The predicted molar refractivity (Wildman–Crippen MR) is 89.4 cm³/mol. The van der Waals surface area contributed by atoms with Gasteiger partial charge in [0.05, 0.1) is 5.56 Å². The molecule has 0 saturated carbocycles. The molecule has 138 valence electrons. The maximum Gasteiger partial charge on any atom is 0.338 e. The maximum atomic E-state index is 13.2. The molecule has 0 fully saturated rings. The van der Waals surface area contributed by atoms with Crippen LogP contribution in [-0.2, 0) is 11.3 Å². The normalized spacial score (nSPS) is 10.5. The number of rotatable bonds is 5. The van der Waals surface area contributed by atoms with E-state index in [0.29, 0.717) is 11.8 Å². The molecule has 2 aromatic carbocycles. The number of halogens is 3. The van der Waals surface area contributed by atoms with Crippen molar-refractivity contribution in [1.29, 1.82) is 0 Å². The first kappa shape index (κ1) is 18.1. The standard InChI is InChI=1S/C17H12F3N5O2/c18-10-1-3-13(4-2-10)22-17-24-14(23-16(21)25-17)8-27-15(26)9-5-11(19)7-12(20)6-9/h1-7H,8H2,(H3,21,22,23,24,25). The van der Waals surface area contributed by atoms with Gasteiger partial charge in [-0.25, -0.2) is 18.0 Å². The number of hydrogen-bond donors (Lipinski definition) is 2. The lowest BCUT2D eigenvalue weighted by molar-refractivity contribution is 0.0461. The van der Waals surface area contributed by atoms with Crippen LogP contribution in [-0.4, -0.2) is 20.9 Å². The van der Waals surface area contributed by atoms with Crippen molar-refractivity contribution in [2.75, 3.05) is 11.1 Å². The van der Waals surface area contributed by atoms with Gasteiger partial charge in [-0.3, -0.25) is 0 Å². The van der Waals surface area contributed by atoms with E-state index < -0.39 is 30.0 Å². The summed E-state index contributed by atoms with van der Waals surface area (Å²) in [5, 5.41) is 2.80. The van der Waals surface area contributed by atoms with Gasteiger partial charge >= 0.3 is 5.97 Å². The Labute approximate surface area is 151 Å². The average molecular weight is 375 g/mol. The fraction of sp³-hybridized carbons (Fsp3) is 0.0588. The Morgan fingerprint density at radius 3 is 2.30 bits per heavy atom. The van der Waals surface area contributed by atoms with E-state index in [2.05, 4.69) is 20.3 Å². The number of nitrogen functional groups attached to an aromatic ring is 1. The number of nitrogens with one attached hydrogen (secondary N) is 1. The van der Waals surface area contributed by atoms with Crippen LogP contribution in [0.1, 0.15) is 16.2 Å². The van der Waals surface area contributed by atoms with Crippen LogP contribution >= 0.6 is 0 Å². The third-order valence-corrected chi connectivity index (χ3v) is 3.23. The molecule has 0 aliphatic carbocycles. The summed E-state index contributed by atoms with van der Waals surface area (Å²) >= 11 is 0. The third kappa shape index (κ3) is 4.91. The summed E-state index contributed by atoms with van der Waals surface area (Å²) in [5.41, 5.74) is 5.80. The lowest BCUT2D eigenvalue weighted by Crippen LogP contribution is -2.11. The summed E-state index contributed by atoms with van der Waals surface area (Å²) in [6, 6.07) is 7.74. The van der Waals surface area contributed by atoms with Crippen molar-refractivity contribution in [1.82, 2.24) is 15.0 Å². The Hall–Kier alpha value is -3.69. The van der Waals surface area contributed by atoms with Crippen LogP contribution in [0.25, 0.3) is 0 Å². The number of ether oxygens (including phenoxy) is 1. The molecule has 3 aromatic rings. The molecule has 0 aliphatic heterocycles. The van der Waals surface area contributed by atoms with Crippen LogP contribution in [0.2, 0.25) is 0 Å². The van der Waals surface area contributed by atoms with Gasteiger partial charge in [0.2, 0.25) is 11.9 Å². The highest BCUT2D eigenvalue weighted by Gasteiger charge is 2.13. The molecule has 3 N–H and O–H groups in total. The zero-order valence-electron chi connectivity index (χ0n) is 13.6. The predicted octanol–water partition coefficient (Wildman–Crippen LogP) is 2.97. The van der Waals surface area contributed by atoms with Crippen LogP contribution in [0.5, 0.6) is 0 Å². The van der Waals surface area contributed by atoms with E-state index in [-0.39, 0.29) is 23.3 Å². The molecular weight excluding hydrogens is 363 g/mol. The molecule has 0 unspecified atom stereocenters. The molecule has 3 rings (SSSR count). The quantitative estimate of drug-likeness (QED) is 0.661. The van der Waals surface area contributed by atoms with Crippen molar-refractivity contribution in [3.05, 3.63) is 71.3 Å². The molecule has 0 saturated heterocycles. The van der Waals surface area contributed by atoms with Crippen LogP contribution in [0.3, 0.4) is 0 Å². The Kier molecular flexibility index (Phi) is 5.15. The Morgan fingerprint density at radius 1 is 0.963 bits per heavy atom. The van der Waals surface area contributed by atoms with Crippen LogP contribution in [0.4, 0.5) is 30.8 Å². The largest absolute Gasteiger partial charge is 0.454 e. The van der Waals surface area contributed by atoms with Crippen molar-refractivity contribution in [2.45, 2.75) is 6.61 Å². The molecule has 0 aliphatic rings. The van der Waals surface area contributed by atoms with Gasteiger partial charge in [-0.15, -0.1) is 0 Å². The second-order valence-corrected chi connectivity index (χ2v) is 5.30. The summed E-state index contributed by atoms with van der Waals surface area (Å²) in [5.74, 6) is -3.25. The minimum absolute atomic E-state index is 0.0114. The number of nitrogens with two attached hydrogens (primary N) is 1. The first-order valence-corrected chi connectivity index (χ1v) is 7.55. The topological polar surface area (TPSA) is 103 Å². The first-order chi connectivity index (χ1) is 12.9. The van der Waals surface area contributed by atoms with Crippen molar-refractivity contribution in [3.63, 3.8) is 0 Å². The number of esters is 1. The zero-order valence-corrected chi connectivity index (χ0v) is 13.6. The van der Waals surface area contributed by atoms with E-state index >= 15 is 0 Å². The maximum absolute atomic E-state index is 13.2. The van der Waals surface area contributed by atoms with Gasteiger partial charge in [-0.1, -0.05) is 0 Å². The highest BCUT2D eigenvalue weighted by atomic mass is 19.1. The summed E-state index contributed by atoms with van der Waals surface area (Å²) < 4.78 is 44.2. The Balaban J connectivity index is 1.70. The molecule has 0 atom stereocenters. The number of anilines is 3. The summed E-state index contributed by atoms with van der Waals surface area (Å²) in [6.07, 6.45) is 0. The second kappa shape index (κ2) is 7.68. The number of carbonyl (C=O) groups is 1. The van der Waals surface area contributed by atoms with Crippen molar-refractivity contribution < 1.29 is 22.7 Å². The summed E-state index contributed by atoms with van der Waals surface area (Å²) in [4.78, 5) is 23.6. The smallest absolute Gasteiger partial charge is 0.338 e. The lowest BCUT2D eigenvalue weighted by Gasteiger charge is -2.08. The SMILES string of the molecule is Nc1nc(COC(=O)c2cc(F)cc(F)c2)nc(Nc2ccc(F)cc2)n1. The lowest BCUT2D eigenvalue weighted by atomic mass is 10.2.